The van der Waals surface area contributed by atoms with Gasteiger partial charge in [-0.2, -0.15) is 11.8 Å². The summed E-state index contributed by atoms with van der Waals surface area (Å²) in [5.41, 5.74) is 1.18. The first-order valence-electron chi connectivity index (χ1n) is 6.85. The lowest BCUT2D eigenvalue weighted by Crippen LogP contribution is -2.23. The van der Waals surface area contributed by atoms with Crippen LogP contribution in [0.3, 0.4) is 0 Å². The number of methoxy groups -OCH3 is 1. The number of aliphatic hydroxyl groups is 1. The Morgan fingerprint density at radius 1 is 1.37 bits per heavy atom. The highest BCUT2D eigenvalue weighted by atomic mass is 32.2. The van der Waals surface area contributed by atoms with Gasteiger partial charge in [-0.1, -0.05) is 6.07 Å². The summed E-state index contributed by atoms with van der Waals surface area (Å²) in [6.07, 6.45) is 4.31. The van der Waals surface area contributed by atoms with E-state index in [4.69, 9.17) is 14.6 Å². The molecule has 0 bridgehead atoms. The largest absolute Gasteiger partial charge is 0.493 e. The summed E-state index contributed by atoms with van der Waals surface area (Å²) >= 11 is 1.96. The second-order valence-corrected chi connectivity index (χ2v) is 5.92. The van der Waals surface area contributed by atoms with Crippen LogP contribution in [0.15, 0.2) is 18.2 Å². The molecule has 0 saturated carbocycles. The number of thioether (sulfide) groups is 1. The van der Waals surface area contributed by atoms with Crippen molar-refractivity contribution in [2.75, 3.05) is 25.2 Å². The van der Waals surface area contributed by atoms with E-state index in [1.54, 1.807) is 7.11 Å². The molecule has 106 valence electrons. The standard InChI is InChI=1S/C15H22O3S/c1-17-15-10-12(4-2-8-16)6-7-14(15)18-13-5-3-9-19-11-13/h6-7,10,13,16H,2-5,8-9,11H2,1H3. The maximum absolute atomic E-state index is 8.87. The molecular weight excluding hydrogens is 260 g/mol. The van der Waals surface area contributed by atoms with Gasteiger partial charge in [-0.3, -0.25) is 0 Å². The Labute approximate surface area is 119 Å². The maximum Gasteiger partial charge on any atom is 0.161 e. The van der Waals surface area contributed by atoms with Crippen molar-refractivity contribution < 1.29 is 14.6 Å². The van der Waals surface area contributed by atoms with Crippen LogP contribution in [0.25, 0.3) is 0 Å². The third kappa shape index (κ3) is 4.32. The van der Waals surface area contributed by atoms with Crippen molar-refractivity contribution in [2.24, 2.45) is 0 Å². The molecule has 4 heteroatoms. The van der Waals surface area contributed by atoms with Gasteiger partial charge in [-0.25, -0.2) is 0 Å². The average molecular weight is 282 g/mol. The number of rotatable bonds is 6. The van der Waals surface area contributed by atoms with Gasteiger partial charge in [0.15, 0.2) is 11.5 Å². The molecule has 1 aromatic rings. The van der Waals surface area contributed by atoms with E-state index in [2.05, 4.69) is 6.07 Å². The molecule has 1 heterocycles. The van der Waals surface area contributed by atoms with Gasteiger partial charge < -0.3 is 14.6 Å². The maximum atomic E-state index is 8.87. The summed E-state index contributed by atoms with van der Waals surface area (Å²) < 4.78 is 11.5. The molecular formula is C15H22O3S. The van der Waals surface area contributed by atoms with Crippen LogP contribution in [0, 0.1) is 0 Å². The fraction of sp³-hybridized carbons (Fsp3) is 0.600. The van der Waals surface area contributed by atoms with Crippen molar-refractivity contribution in [3.63, 3.8) is 0 Å². The highest BCUT2D eigenvalue weighted by Crippen LogP contribution is 2.31. The monoisotopic (exact) mass is 282 g/mol. The Kier molecular flexibility index (Phi) is 5.86. The van der Waals surface area contributed by atoms with Gasteiger partial charge in [0.05, 0.1) is 7.11 Å². The van der Waals surface area contributed by atoms with Crippen LogP contribution in [0.4, 0.5) is 0 Å². The first kappa shape index (κ1) is 14.5. The minimum absolute atomic E-state index is 0.222. The Bertz CT molecular complexity index is 389. The summed E-state index contributed by atoms with van der Waals surface area (Å²) in [6.45, 7) is 0.222. The first-order valence-corrected chi connectivity index (χ1v) is 8.01. The van der Waals surface area contributed by atoms with Crippen LogP contribution in [0.1, 0.15) is 24.8 Å². The van der Waals surface area contributed by atoms with Crippen LogP contribution in [0.5, 0.6) is 11.5 Å². The third-order valence-electron chi connectivity index (χ3n) is 3.26. The zero-order valence-corrected chi connectivity index (χ0v) is 12.2. The lowest BCUT2D eigenvalue weighted by atomic mass is 10.1. The summed E-state index contributed by atoms with van der Waals surface area (Å²) in [5, 5.41) is 8.87. The molecule has 0 spiro atoms. The fourth-order valence-electron chi connectivity index (χ4n) is 2.23. The zero-order valence-electron chi connectivity index (χ0n) is 11.4. The fourth-order valence-corrected chi connectivity index (χ4v) is 3.27. The van der Waals surface area contributed by atoms with Crippen LogP contribution in [-0.2, 0) is 6.42 Å². The van der Waals surface area contributed by atoms with Crippen LogP contribution in [-0.4, -0.2) is 36.4 Å². The number of aryl methyl sites for hydroxylation is 1. The predicted molar refractivity (Wildman–Crippen MR) is 79.4 cm³/mol. The summed E-state index contributed by atoms with van der Waals surface area (Å²) in [6, 6.07) is 6.06. The SMILES string of the molecule is COc1cc(CCCO)ccc1OC1CCCSC1. The smallest absolute Gasteiger partial charge is 0.161 e. The average Bonchev–Trinajstić information content (AvgIpc) is 2.47. The molecule has 1 saturated heterocycles. The highest BCUT2D eigenvalue weighted by Gasteiger charge is 2.17. The lowest BCUT2D eigenvalue weighted by molar-refractivity contribution is 0.202. The summed E-state index contributed by atoms with van der Waals surface area (Å²) in [5.74, 6) is 3.95. The number of benzene rings is 1. The normalized spacial score (nSPS) is 19.2. The van der Waals surface area contributed by atoms with E-state index < -0.39 is 0 Å². The molecule has 1 atom stereocenters. The van der Waals surface area contributed by atoms with E-state index in [0.717, 1.165) is 36.5 Å². The quantitative estimate of drug-likeness (QED) is 0.871. The van der Waals surface area contributed by atoms with Crippen LogP contribution in [0.2, 0.25) is 0 Å². The zero-order chi connectivity index (χ0) is 13.5. The van der Waals surface area contributed by atoms with Gasteiger partial charge in [-0.05, 0) is 49.1 Å². The predicted octanol–water partition coefficient (Wildman–Crippen LogP) is 2.89. The van der Waals surface area contributed by atoms with E-state index in [9.17, 15) is 0 Å². The van der Waals surface area contributed by atoms with Gasteiger partial charge in [0, 0.05) is 12.4 Å². The summed E-state index contributed by atoms with van der Waals surface area (Å²) in [7, 11) is 1.67. The molecule has 1 aliphatic rings. The van der Waals surface area contributed by atoms with Crippen molar-refractivity contribution in [2.45, 2.75) is 31.8 Å². The van der Waals surface area contributed by atoms with Gasteiger partial charge in [0.1, 0.15) is 6.10 Å². The number of aliphatic hydroxyl groups excluding tert-OH is 1. The van der Waals surface area contributed by atoms with Gasteiger partial charge in [0.2, 0.25) is 0 Å². The minimum Gasteiger partial charge on any atom is -0.493 e. The molecule has 0 amide bonds. The van der Waals surface area contributed by atoms with E-state index >= 15 is 0 Å². The Hall–Kier alpha value is -0.870. The Morgan fingerprint density at radius 2 is 2.26 bits per heavy atom. The van der Waals surface area contributed by atoms with Crippen molar-refractivity contribution in [1.82, 2.24) is 0 Å². The first-order chi connectivity index (χ1) is 9.33. The molecule has 1 unspecified atom stereocenters. The molecule has 1 aliphatic heterocycles. The second kappa shape index (κ2) is 7.65. The van der Waals surface area contributed by atoms with Crippen molar-refractivity contribution >= 4 is 11.8 Å². The summed E-state index contributed by atoms with van der Waals surface area (Å²) in [4.78, 5) is 0. The molecule has 3 nitrogen and oxygen atoms in total. The van der Waals surface area contributed by atoms with E-state index in [1.807, 2.05) is 23.9 Å². The molecule has 1 N–H and O–H groups in total. The second-order valence-electron chi connectivity index (χ2n) is 4.77. The third-order valence-corrected chi connectivity index (χ3v) is 4.45. The molecule has 1 aromatic carbocycles. The molecule has 1 fully saturated rings. The van der Waals surface area contributed by atoms with E-state index in [0.29, 0.717) is 6.10 Å². The van der Waals surface area contributed by atoms with Crippen molar-refractivity contribution in [3.8, 4) is 11.5 Å². The van der Waals surface area contributed by atoms with Crippen LogP contribution >= 0.6 is 11.8 Å². The minimum atomic E-state index is 0.222. The molecule has 19 heavy (non-hydrogen) atoms. The van der Waals surface area contributed by atoms with Gasteiger partial charge >= 0.3 is 0 Å². The van der Waals surface area contributed by atoms with Crippen LogP contribution < -0.4 is 9.47 Å². The topological polar surface area (TPSA) is 38.7 Å². The molecule has 2 rings (SSSR count). The van der Waals surface area contributed by atoms with E-state index in [1.165, 1.54) is 17.7 Å². The number of ether oxygens (including phenoxy) is 2. The molecule has 0 aliphatic carbocycles. The Balaban J connectivity index is 2.02. The van der Waals surface area contributed by atoms with E-state index in [-0.39, 0.29) is 6.61 Å². The number of hydrogen-bond acceptors (Lipinski definition) is 4. The molecule has 0 aromatic heterocycles. The molecule has 0 radical (unpaired) electrons. The van der Waals surface area contributed by atoms with Crippen molar-refractivity contribution in [1.29, 1.82) is 0 Å². The van der Waals surface area contributed by atoms with Gasteiger partial charge in [0.25, 0.3) is 0 Å². The highest BCUT2D eigenvalue weighted by molar-refractivity contribution is 7.99. The Morgan fingerprint density at radius 3 is 2.95 bits per heavy atom. The lowest BCUT2D eigenvalue weighted by Gasteiger charge is -2.23. The van der Waals surface area contributed by atoms with Gasteiger partial charge in [-0.15, -0.1) is 0 Å². The van der Waals surface area contributed by atoms with Crippen molar-refractivity contribution in [3.05, 3.63) is 23.8 Å². The number of hydrogen-bond donors (Lipinski definition) is 1.